The molecule has 4 fully saturated rings. The lowest BCUT2D eigenvalue weighted by atomic mass is 9.76. The molecule has 0 amide bonds. The summed E-state index contributed by atoms with van der Waals surface area (Å²) < 4.78 is 53.3. The van der Waals surface area contributed by atoms with Crippen molar-refractivity contribution >= 4 is 0 Å². The summed E-state index contributed by atoms with van der Waals surface area (Å²) in [5, 5.41) is 0. The fourth-order valence-corrected chi connectivity index (χ4v) is 8.52. The lowest BCUT2D eigenvalue weighted by Crippen LogP contribution is -2.14. The monoisotopic (exact) mass is 584 g/mol. The third-order valence-electron chi connectivity index (χ3n) is 11.1. The second-order valence-electron chi connectivity index (χ2n) is 13.9. The Bertz CT molecular complexity index is 1140. The topological polar surface area (TPSA) is 0 Å². The molecule has 0 heterocycles. The highest BCUT2D eigenvalue weighted by atomic mass is 19.1. The number of halogens is 4. The van der Waals surface area contributed by atoms with Crippen LogP contribution in [0.15, 0.2) is 47.5 Å². The van der Waals surface area contributed by atoms with Crippen LogP contribution in [0.2, 0.25) is 0 Å². The smallest absolute Gasteiger partial charge is 0.126 e. The van der Waals surface area contributed by atoms with Crippen molar-refractivity contribution in [2.45, 2.75) is 134 Å². The first-order chi connectivity index (χ1) is 20.3. The number of benzene rings is 2. The highest BCUT2D eigenvalue weighted by Crippen LogP contribution is 2.42. The Labute approximate surface area is 252 Å². The quantitative estimate of drug-likeness (QED) is 0.234. The second kappa shape index (κ2) is 15.1. The van der Waals surface area contributed by atoms with E-state index in [2.05, 4.69) is 6.92 Å². The van der Waals surface area contributed by atoms with Crippen LogP contribution in [-0.2, 0) is 0 Å². The molecule has 0 bridgehead atoms. The van der Waals surface area contributed by atoms with Crippen LogP contribution >= 0.6 is 0 Å². The summed E-state index contributed by atoms with van der Waals surface area (Å²) in [7, 11) is 0. The molecule has 0 spiro atoms. The van der Waals surface area contributed by atoms with Gasteiger partial charge in [0.1, 0.15) is 23.3 Å². The van der Waals surface area contributed by atoms with E-state index < -0.39 is 23.3 Å². The van der Waals surface area contributed by atoms with Gasteiger partial charge in [-0.2, -0.15) is 0 Å². The second-order valence-corrected chi connectivity index (χ2v) is 13.9. The van der Waals surface area contributed by atoms with E-state index in [0.717, 1.165) is 79.5 Å². The Balaban J connectivity index is 0.000000192. The molecule has 0 nitrogen and oxygen atoms in total. The highest BCUT2D eigenvalue weighted by Gasteiger charge is 2.26. The summed E-state index contributed by atoms with van der Waals surface area (Å²) in [5.41, 5.74) is 4.94. The van der Waals surface area contributed by atoms with E-state index in [-0.39, 0.29) is 1.43 Å². The molecular weight excluding hydrogens is 532 g/mol. The molecule has 0 aromatic heterocycles. The van der Waals surface area contributed by atoms with Gasteiger partial charge in [0.05, 0.1) is 0 Å². The first kappa shape index (κ1) is 31.3. The van der Waals surface area contributed by atoms with E-state index in [9.17, 15) is 17.6 Å². The Hall–Kier alpha value is -2.10. The summed E-state index contributed by atoms with van der Waals surface area (Å²) in [6.45, 7) is 2.31. The van der Waals surface area contributed by atoms with Crippen molar-refractivity contribution in [2.75, 3.05) is 0 Å². The van der Waals surface area contributed by atoms with Gasteiger partial charge in [-0.25, -0.2) is 17.6 Å². The summed E-state index contributed by atoms with van der Waals surface area (Å²) >= 11 is 0. The van der Waals surface area contributed by atoms with Crippen molar-refractivity contribution in [3.05, 3.63) is 81.9 Å². The molecule has 0 aliphatic heterocycles. The molecule has 232 valence electrons. The van der Waals surface area contributed by atoms with Gasteiger partial charge < -0.3 is 0 Å². The van der Waals surface area contributed by atoms with E-state index in [0.29, 0.717) is 11.8 Å². The van der Waals surface area contributed by atoms with Crippen LogP contribution in [0.25, 0.3) is 0 Å². The minimum atomic E-state index is -0.450. The predicted octanol–water partition coefficient (Wildman–Crippen LogP) is 12.6. The maximum Gasteiger partial charge on any atom is 0.126 e. The van der Waals surface area contributed by atoms with Gasteiger partial charge in [-0.3, -0.25) is 0 Å². The van der Waals surface area contributed by atoms with Gasteiger partial charge in [-0.05, 0) is 136 Å². The molecule has 0 saturated heterocycles. The third kappa shape index (κ3) is 8.73. The Morgan fingerprint density at radius 2 is 0.952 bits per heavy atom. The molecule has 2 aromatic carbocycles. The first-order valence-electron chi connectivity index (χ1n) is 16.9. The zero-order valence-corrected chi connectivity index (χ0v) is 25.6. The van der Waals surface area contributed by atoms with Crippen molar-refractivity contribution in [1.29, 1.82) is 0 Å². The number of rotatable bonds is 6. The fourth-order valence-electron chi connectivity index (χ4n) is 8.52. The van der Waals surface area contributed by atoms with E-state index >= 15 is 0 Å². The van der Waals surface area contributed by atoms with Crippen molar-refractivity contribution < 1.29 is 19.0 Å². The van der Waals surface area contributed by atoms with E-state index in [1.54, 1.807) is 11.1 Å². The molecular formula is C38H52F4. The van der Waals surface area contributed by atoms with Crippen molar-refractivity contribution in [1.82, 2.24) is 0 Å². The van der Waals surface area contributed by atoms with Gasteiger partial charge in [-0.1, -0.05) is 62.5 Å². The van der Waals surface area contributed by atoms with Crippen LogP contribution in [0.1, 0.15) is 147 Å². The Kier molecular flexibility index (Phi) is 11.2. The van der Waals surface area contributed by atoms with Crippen molar-refractivity contribution in [2.24, 2.45) is 17.8 Å². The van der Waals surface area contributed by atoms with Crippen LogP contribution in [0.5, 0.6) is 0 Å². The Morgan fingerprint density at radius 3 is 1.43 bits per heavy atom. The zero-order valence-electron chi connectivity index (χ0n) is 25.6. The minimum absolute atomic E-state index is 0. The van der Waals surface area contributed by atoms with E-state index in [1.807, 2.05) is 0 Å². The molecule has 6 rings (SSSR count). The van der Waals surface area contributed by atoms with Crippen LogP contribution < -0.4 is 0 Å². The molecule has 0 radical (unpaired) electrons. The Morgan fingerprint density at radius 1 is 0.548 bits per heavy atom. The molecule has 0 N–H and O–H groups in total. The largest absolute Gasteiger partial charge is 0.207 e. The minimum Gasteiger partial charge on any atom is -0.207 e. The van der Waals surface area contributed by atoms with E-state index in [4.69, 9.17) is 0 Å². The van der Waals surface area contributed by atoms with Crippen molar-refractivity contribution in [3.8, 4) is 0 Å². The summed E-state index contributed by atoms with van der Waals surface area (Å²) in [4.78, 5) is 0. The first-order valence-corrected chi connectivity index (χ1v) is 16.9. The zero-order chi connectivity index (χ0) is 29.5. The average molecular weight is 585 g/mol. The van der Waals surface area contributed by atoms with Gasteiger partial charge in [-0.15, -0.1) is 0 Å². The molecule has 4 aliphatic rings. The van der Waals surface area contributed by atoms with Gasteiger partial charge in [0.2, 0.25) is 0 Å². The predicted molar refractivity (Wildman–Crippen MR) is 167 cm³/mol. The van der Waals surface area contributed by atoms with Crippen molar-refractivity contribution in [3.63, 3.8) is 0 Å². The van der Waals surface area contributed by atoms with Crippen LogP contribution in [0, 0.1) is 41.0 Å². The standard InChI is InChI=1S/C19H24F2.C19H26F2.H2/c1-13(14-4-2-3-5-14)15-6-8-16(9-7-15)17-10-18(20)12-19(21)11-17;20-18-11-17(12-19(21)13-18)16-9-7-15(8-10-16)6-5-14-3-1-2-4-14;/h10-12,14,16H,2-9H2,1H3;11-16H,1-10H2;1H. The van der Waals surface area contributed by atoms with Gasteiger partial charge in [0.25, 0.3) is 0 Å². The highest BCUT2D eigenvalue weighted by molar-refractivity contribution is 5.26. The van der Waals surface area contributed by atoms with Gasteiger partial charge in [0, 0.05) is 13.6 Å². The lowest BCUT2D eigenvalue weighted by molar-refractivity contribution is 0.286. The molecule has 4 heteroatoms. The maximum atomic E-state index is 13.3. The summed E-state index contributed by atoms with van der Waals surface area (Å²) in [5.74, 6) is 1.54. The van der Waals surface area contributed by atoms with Crippen LogP contribution in [-0.4, -0.2) is 0 Å². The van der Waals surface area contributed by atoms with Gasteiger partial charge in [0.15, 0.2) is 0 Å². The number of hydrogen-bond acceptors (Lipinski definition) is 0. The van der Waals surface area contributed by atoms with Crippen LogP contribution in [0.3, 0.4) is 0 Å². The third-order valence-corrected chi connectivity index (χ3v) is 11.1. The molecule has 2 aromatic rings. The molecule has 0 atom stereocenters. The average Bonchev–Trinajstić information content (AvgIpc) is 3.71. The number of hydrogen-bond donors (Lipinski definition) is 0. The maximum absolute atomic E-state index is 13.3. The van der Waals surface area contributed by atoms with Gasteiger partial charge >= 0.3 is 0 Å². The van der Waals surface area contributed by atoms with Crippen LogP contribution in [0.4, 0.5) is 17.6 Å². The summed E-state index contributed by atoms with van der Waals surface area (Å²) in [6, 6.07) is 7.98. The lowest BCUT2D eigenvalue weighted by Gasteiger charge is -2.29. The molecule has 0 unspecified atom stereocenters. The van der Waals surface area contributed by atoms with E-state index in [1.165, 1.54) is 101 Å². The summed E-state index contributed by atoms with van der Waals surface area (Å²) in [6.07, 6.45) is 22.9. The fraction of sp³-hybridized carbons (Fsp3) is 0.632. The number of allylic oxidation sites excluding steroid dienone is 2. The molecule has 42 heavy (non-hydrogen) atoms. The normalized spacial score (nSPS) is 25.4. The SMILES string of the molecule is CC(=C1CCC(c2cc(F)cc(F)c2)CC1)C1CCCC1.Fc1cc(F)cc(C2CCC(CCC3CCCC3)CC2)c1.[HH]. The molecule has 4 aliphatic carbocycles. The molecule has 4 saturated carbocycles.